The van der Waals surface area contributed by atoms with Crippen LogP contribution in [0.4, 0.5) is 5.69 Å². The highest BCUT2D eigenvalue weighted by Gasteiger charge is 2.26. The van der Waals surface area contributed by atoms with E-state index in [0.717, 1.165) is 5.39 Å². The first kappa shape index (κ1) is 21.4. The van der Waals surface area contributed by atoms with E-state index >= 15 is 0 Å². The van der Waals surface area contributed by atoms with Gasteiger partial charge >= 0.3 is 5.97 Å². The summed E-state index contributed by atoms with van der Waals surface area (Å²) in [5, 5.41) is 3.45. The highest BCUT2D eigenvalue weighted by atomic mass is 16.7. The molecule has 5 rings (SSSR count). The van der Waals surface area contributed by atoms with Gasteiger partial charge in [-0.25, -0.2) is 4.79 Å². The summed E-state index contributed by atoms with van der Waals surface area (Å²) in [6.45, 7) is 1.72. The number of anilines is 1. The smallest absolute Gasteiger partial charge is 0.375 e. The molecule has 0 fully saturated rings. The predicted octanol–water partition coefficient (Wildman–Crippen LogP) is 4.92. The van der Waals surface area contributed by atoms with Crippen LogP contribution in [0.25, 0.3) is 11.0 Å². The first-order valence-corrected chi connectivity index (χ1v) is 10.7. The third-order valence-corrected chi connectivity index (χ3v) is 5.30. The lowest BCUT2D eigenvalue weighted by Gasteiger charge is -2.14. The van der Waals surface area contributed by atoms with Gasteiger partial charge in [0.2, 0.25) is 12.6 Å². The second kappa shape index (κ2) is 9.19. The van der Waals surface area contributed by atoms with E-state index in [0.29, 0.717) is 34.1 Å². The van der Waals surface area contributed by atoms with Crippen molar-refractivity contribution in [2.45, 2.75) is 19.6 Å². The maximum Gasteiger partial charge on any atom is 0.375 e. The van der Waals surface area contributed by atoms with Crippen LogP contribution in [0.1, 0.15) is 23.0 Å². The highest BCUT2D eigenvalue weighted by molar-refractivity contribution is 5.99. The normalized spacial score (nSPS) is 12.9. The van der Waals surface area contributed by atoms with E-state index in [9.17, 15) is 9.59 Å². The third-order valence-electron chi connectivity index (χ3n) is 5.30. The molecule has 1 unspecified atom stereocenters. The Morgan fingerprint density at radius 3 is 2.59 bits per heavy atom. The van der Waals surface area contributed by atoms with Crippen LogP contribution in [0.3, 0.4) is 0 Å². The molecule has 1 amide bonds. The zero-order chi connectivity index (χ0) is 23.5. The van der Waals surface area contributed by atoms with Crippen LogP contribution in [-0.4, -0.2) is 24.8 Å². The molecule has 4 aromatic rings. The van der Waals surface area contributed by atoms with Crippen LogP contribution in [0.5, 0.6) is 17.2 Å². The van der Waals surface area contributed by atoms with E-state index in [1.807, 2.05) is 48.5 Å². The van der Waals surface area contributed by atoms with Crippen molar-refractivity contribution in [3.05, 3.63) is 84.1 Å². The summed E-state index contributed by atoms with van der Waals surface area (Å²) in [6.07, 6.45) is -1.07. The first-order valence-electron chi connectivity index (χ1n) is 10.7. The van der Waals surface area contributed by atoms with E-state index in [4.69, 9.17) is 23.4 Å². The van der Waals surface area contributed by atoms with Gasteiger partial charge in [-0.05, 0) is 37.3 Å². The average Bonchev–Trinajstić information content (AvgIpc) is 3.47. The summed E-state index contributed by atoms with van der Waals surface area (Å²) < 4.78 is 27.6. The molecule has 0 bridgehead atoms. The van der Waals surface area contributed by atoms with Crippen molar-refractivity contribution in [3.8, 4) is 17.2 Å². The summed E-state index contributed by atoms with van der Waals surface area (Å²) >= 11 is 0. The lowest BCUT2D eigenvalue weighted by atomic mass is 10.1. The van der Waals surface area contributed by atoms with Gasteiger partial charge in [-0.2, -0.15) is 0 Å². The van der Waals surface area contributed by atoms with Crippen molar-refractivity contribution in [1.82, 2.24) is 0 Å². The Morgan fingerprint density at radius 1 is 0.971 bits per heavy atom. The second-order valence-electron chi connectivity index (χ2n) is 7.61. The summed E-state index contributed by atoms with van der Waals surface area (Å²) in [4.78, 5) is 25.6. The molecule has 1 atom stereocenters. The molecule has 1 N–H and O–H groups in total. The van der Waals surface area contributed by atoms with Gasteiger partial charge in [0.05, 0.1) is 5.56 Å². The number of benzene rings is 3. The number of hydrogen-bond donors (Lipinski definition) is 1. The molecular weight excluding hydrogens is 438 g/mol. The van der Waals surface area contributed by atoms with E-state index in [-0.39, 0.29) is 19.2 Å². The molecule has 0 aliphatic carbocycles. The quantitative estimate of drug-likeness (QED) is 0.392. The molecule has 2 heterocycles. The molecule has 0 saturated heterocycles. The maximum atomic E-state index is 13.0. The minimum atomic E-state index is -1.07. The van der Waals surface area contributed by atoms with Crippen molar-refractivity contribution in [1.29, 1.82) is 0 Å². The number of amides is 1. The molecule has 8 heteroatoms. The van der Waals surface area contributed by atoms with Crippen molar-refractivity contribution in [2.75, 3.05) is 12.1 Å². The summed E-state index contributed by atoms with van der Waals surface area (Å²) in [6, 6.07) is 21.5. The summed E-state index contributed by atoms with van der Waals surface area (Å²) in [5.41, 5.74) is 1.57. The number of rotatable bonds is 7. The molecular formula is C26H21NO7. The van der Waals surface area contributed by atoms with E-state index in [1.54, 1.807) is 24.3 Å². The average molecular weight is 459 g/mol. The van der Waals surface area contributed by atoms with E-state index in [1.165, 1.54) is 6.92 Å². The van der Waals surface area contributed by atoms with Crippen molar-refractivity contribution >= 4 is 28.5 Å². The first-order chi connectivity index (χ1) is 16.6. The molecule has 1 aliphatic heterocycles. The van der Waals surface area contributed by atoms with Crippen LogP contribution in [0.15, 0.2) is 77.2 Å². The maximum absolute atomic E-state index is 13.0. The molecule has 1 aliphatic rings. The lowest BCUT2D eigenvalue weighted by molar-refractivity contribution is -0.123. The molecule has 8 nitrogen and oxygen atoms in total. The number of fused-ring (bicyclic) bond motifs is 2. The fraction of sp³-hybridized carbons (Fsp3) is 0.154. The van der Waals surface area contributed by atoms with Crippen molar-refractivity contribution in [3.63, 3.8) is 0 Å². The molecule has 3 aromatic carbocycles. The number of carbonyl (C=O) groups is 2. The zero-order valence-electron chi connectivity index (χ0n) is 18.3. The Morgan fingerprint density at radius 2 is 1.74 bits per heavy atom. The topological polar surface area (TPSA) is 96.2 Å². The SMILES string of the molecule is CC(OC(=O)c1oc2ccccc2c1COc1ccccc1)C(=O)Nc1ccc2c(c1)OCO2. The van der Waals surface area contributed by atoms with Gasteiger partial charge < -0.3 is 28.7 Å². The van der Waals surface area contributed by atoms with Gasteiger partial charge in [0.25, 0.3) is 5.91 Å². The van der Waals surface area contributed by atoms with Gasteiger partial charge in [0.15, 0.2) is 17.6 Å². The lowest BCUT2D eigenvalue weighted by Crippen LogP contribution is -2.30. The fourth-order valence-corrected chi connectivity index (χ4v) is 3.56. The monoisotopic (exact) mass is 459 g/mol. The molecule has 34 heavy (non-hydrogen) atoms. The third kappa shape index (κ3) is 4.38. The predicted molar refractivity (Wildman–Crippen MR) is 123 cm³/mol. The molecule has 0 spiro atoms. The minimum Gasteiger partial charge on any atom is -0.489 e. The van der Waals surface area contributed by atoms with Gasteiger partial charge in [-0.1, -0.05) is 36.4 Å². The van der Waals surface area contributed by atoms with Crippen molar-refractivity contribution < 1.29 is 33.0 Å². The Bertz CT molecular complexity index is 1350. The van der Waals surface area contributed by atoms with Crippen LogP contribution in [-0.2, 0) is 16.1 Å². The van der Waals surface area contributed by atoms with Crippen molar-refractivity contribution in [2.24, 2.45) is 0 Å². The molecule has 172 valence electrons. The Labute approximate surface area is 195 Å². The van der Waals surface area contributed by atoms with Crippen LogP contribution < -0.4 is 19.5 Å². The molecule has 1 aromatic heterocycles. The zero-order valence-corrected chi connectivity index (χ0v) is 18.3. The van der Waals surface area contributed by atoms with Gasteiger partial charge in [0, 0.05) is 17.1 Å². The standard InChI is InChI=1S/C26H21NO7/c1-16(25(28)27-17-11-12-22-23(13-17)32-15-31-22)33-26(29)24-20(14-30-18-7-3-2-4-8-18)19-9-5-6-10-21(19)34-24/h2-13,16H,14-15H2,1H3,(H,27,28). The fourth-order valence-electron chi connectivity index (χ4n) is 3.56. The highest BCUT2D eigenvalue weighted by Crippen LogP contribution is 2.34. The summed E-state index contributed by atoms with van der Waals surface area (Å²) in [7, 11) is 0. The minimum absolute atomic E-state index is 0.000129. The van der Waals surface area contributed by atoms with E-state index in [2.05, 4.69) is 5.32 Å². The number of esters is 1. The van der Waals surface area contributed by atoms with Gasteiger partial charge in [-0.15, -0.1) is 0 Å². The van der Waals surface area contributed by atoms with Gasteiger partial charge in [-0.3, -0.25) is 4.79 Å². The van der Waals surface area contributed by atoms with E-state index < -0.39 is 18.0 Å². The number of para-hydroxylation sites is 2. The Balaban J connectivity index is 1.31. The molecule has 0 saturated carbocycles. The van der Waals surface area contributed by atoms with Gasteiger partial charge in [0.1, 0.15) is 17.9 Å². The second-order valence-corrected chi connectivity index (χ2v) is 7.61. The Hall–Kier alpha value is -4.46. The van der Waals surface area contributed by atoms with Crippen LogP contribution >= 0.6 is 0 Å². The number of nitrogens with one attached hydrogen (secondary N) is 1. The Kier molecular flexibility index (Phi) is 5.78. The number of hydrogen-bond acceptors (Lipinski definition) is 7. The number of furan rings is 1. The number of carbonyl (C=O) groups excluding carboxylic acids is 2. The largest absolute Gasteiger partial charge is 0.489 e. The van der Waals surface area contributed by atoms with Crippen LogP contribution in [0.2, 0.25) is 0 Å². The van der Waals surface area contributed by atoms with Crippen LogP contribution in [0, 0.1) is 0 Å². The summed E-state index contributed by atoms with van der Waals surface area (Å²) in [5.74, 6) is 0.547. The number of ether oxygens (including phenoxy) is 4. The molecule has 0 radical (unpaired) electrons.